The summed E-state index contributed by atoms with van der Waals surface area (Å²) >= 11 is 5.87. The van der Waals surface area contributed by atoms with E-state index in [1.807, 2.05) is 0 Å². The highest BCUT2D eigenvalue weighted by Gasteiger charge is 2.15. The van der Waals surface area contributed by atoms with Gasteiger partial charge in [-0.25, -0.2) is 0 Å². The van der Waals surface area contributed by atoms with Crippen molar-refractivity contribution in [1.82, 2.24) is 10.6 Å². The molecular formula is C14H19ClN2O2. The lowest BCUT2D eigenvalue weighted by molar-refractivity contribution is 0.0949. The van der Waals surface area contributed by atoms with Crippen LogP contribution in [0.25, 0.3) is 0 Å². The fourth-order valence-corrected chi connectivity index (χ4v) is 2.47. The van der Waals surface area contributed by atoms with Crippen molar-refractivity contribution in [3.05, 3.63) is 28.8 Å². The molecule has 1 aromatic carbocycles. The summed E-state index contributed by atoms with van der Waals surface area (Å²) in [6.07, 6.45) is 3.38. The molecule has 1 amide bonds. The Kier molecular flexibility index (Phi) is 5.05. The van der Waals surface area contributed by atoms with Gasteiger partial charge in [0.25, 0.3) is 5.91 Å². The second-order valence-electron chi connectivity index (χ2n) is 4.68. The molecule has 0 aliphatic carbocycles. The van der Waals surface area contributed by atoms with Crippen LogP contribution in [-0.4, -0.2) is 32.1 Å². The van der Waals surface area contributed by atoms with Gasteiger partial charge in [0.15, 0.2) is 0 Å². The summed E-state index contributed by atoms with van der Waals surface area (Å²) in [4.78, 5) is 12.1. The monoisotopic (exact) mass is 282 g/mol. The predicted octanol–water partition coefficient (Wildman–Crippen LogP) is 2.22. The Labute approximate surface area is 118 Å². The highest BCUT2D eigenvalue weighted by atomic mass is 35.5. The van der Waals surface area contributed by atoms with Crippen molar-refractivity contribution in [3.63, 3.8) is 0 Å². The molecule has 1 heterocycles. The first-order valence-corrected chi connectivity index (χ1v) is 6.93. The number of carbonyl (C=O) groups is 1. The van der Waals surface area contributed by atoms with Crippen molar-refractivity contribution < 1.29 is 9.53 Å². The molecule has 2 rings (SSSR count). The minimum Gasteiger partial charge on any atom is -0.496 e. The zero-order chi connectivity index (χ0) is 13.7. The molecule has 1 saturated heterocycles. The largest absolute Gasteiger partial charge is 0.496 e. The maximum Gasteiger partial charge on any atom is 0.255 e. The quantitative estimate of drug-likeness (QED) is 0.871. The molecule has 2 N–H and O–H groups in total. The Morgan fingerprint density at radius 3 is 3.11 bits per heavy atom. The topological polar surface area (TPSA) is 50.4 Å². The number of ether oxygens (including phenoxy) is 1. The van der Waals surface area contributed by atoms with E-state index in [2.05, 4.69) is 10.6 Å². The molecule has 0 saturated carbocycles. The third-order valence-electron chi connectivity index (χ3n) is 3.35. The molecule has 19 heavy (non-hydrogen) atoms. The van der Waals surface area contributed by atoms with Crippen molar-refractivity contribution in [2.75, 3.05) is 20.2 Å². The van der Waals surface area contributed by atoms with Gasteiger partial charge in [-0.2, -0.15) is 0 Å². The highest BCUT2D eigenvalue weighted by Crippen LogP contribution is 2.22. The van der Waals surface area contributed by atoms with E-state index in [0.29, 0.717) is 28.9 Å². The van der Waals surface area contributed by atoms with E-state index in [1.165, 1.54) is 20.0 Å². The number of benzene rings is 1. The fourth-order valence-electron chi connectivity index (χ4n) is 2.31. The summed E-state index contributed by atoms with van der Waals surface area (Å²) in [5.41, 5.74) is 0.520. The van der Waals surface area contributed by atoms with Crippen LogP contribution in [0.3, 0.4) is 0 Å². The van der Waals surface area contributed by atoms with E-state index in [1.54, 1.807) is 18.2 Å². The third kappa shape index (κ3) is 3.85. The SMILES string of the molecule is COc1cc(Cl)ccc1C(=O)NCCC1CCCN1. The van der Waals surface area contributed by atoms with Crippen LogP contribution >= 0.6 is 11.6 Å². The molecule has 104 valence electrons. The number of nitrogens with one attached hydrogen (secondary N) is 2. The first kappa shape index (κ1) is 14.2. The van der Waals surface area contributed by atoms with Gasteiger partial charge in [0, 0.05) is 17.6 Å². The molecule has 1 aliphatic rings. The number of methoxy groups -OCH3 is 1. The minimum absolute atomic E-state index is 0.119. The van der Waals surface area contributed by atoms with Crippen molar-refractivity contribution in [2.24, 2.45) is 0 Å². The number of hydrogen-bond donors (Lipinski definition) is 2. The number of hydrogen-bond acceptors (Lipinski definition) is 3. The average molecular weight is 283 g/mol. The zero-order valence-corrected chi connectivity index (χ0v) is 11.8. The van der Waals surface area contributed by atoms with E-state index >= 15 is 0 Å². The smallest absolute Gasteiger partial charge is 0.255 e. The summed E-state index contributed by atoms with van der Waals surface area (Å²) < 4.78 is 5.17. The summed E-state index contributed by atoms with van der Waals surface area (Å²) in [6, 6.07) is 5.56. The van der Waals surface area contributed by atoms with Gasteiger partial charge in [0.2, 0.25) is 0 Å². The van der Waals surface area contributed by atoms with Gasteiger partial charge in [-0.3, -0.25) is 4.79 Å². The Bertz CT molecular complexity index is 445. The van der Waals surface area contributed by atoms with Crippen LogP contribution < -0.4 is 15.4 Å². The Balaban J connectivity index is 1.88. The van der Waals surface area contributed by atoms with Crippen LogP contribution in [-0.2, 0) is 0 Å². The summed E-state index contributed by atoms with van der Waals surface area (Å²) in [5.74, 6) is 0.385. The molecule has 0 aromatic heterocycles. The summed E-state index contributed by atoms with van der Waals surface area (Å²) in [6.45, 7) is 1.76. The minimum atomic E-state index is -0.119. The van der Waals surface area contributed by atoms with Crippen LogP contribution in [0.15, 0.2) is 18.2 Å². The normalized spacial score (nSPS) is 18.3. The number of amides is 1. The van der Waals surface area contributed by atoms with Crippen LogP contribution in [0.5, 0.6) is 5.75 Å². The Hall–Kier alpha value is -1.26. The van der Waals surface area contributed by atoms with Crippen LogP contribution in [0.1, 0.15) is 29.6 Å². The fraction of sp³-hybridized carbons (Fsp3) is 0.500. The van der Waals surface area contributed by atoms with Gasteiger partial charge in [-0.15, -0.1) is 0 Å². The third-order valence-corrected chi connectivity index (χ3v) is 3.58. The van der Waals surface area contributed by atoms with Crippen LogP contribution in [0, 0.1) is 0 Å². The van der Waals surface area contributed by atoms with Gasteiger partial charge >= 0.3 is 0 Å². The van der Waals surface area contributed by atoms with Gasteiger partial charge < -0.3 is 15.4 Å². The first-order valence-electron chi connectivity index (χ1n) is 6.56. The average Bonchev–Trinajstić information content (AvgIpc) is 2.91. The van der Waals surface area contributed by atoms with Crippen molar-refractivity contribution in [3.8, 4) is 5.75 Å². The first-order chi connectivity index (χ1) is 9.20. The lowest BCUT2D eigenvalue weighted by Gasteiger charge is -2.12. The standard InChI is InChI=1S/C14H19ClN2O2/c1-19-13-9-10(15)4-5-12(13)14(18)17-8-6-11-3-2-7-16-11/h4-5,9,11,16H,2-3,6-8H2,1H3,(H,17,18). The second kappa shape index (κ2) is 6.78. The maximum atomic E-state index is 12.1. The maximum absolute atomic E-state index is 12.1. The van der Waals surface area contributed by atoms with E-state index < -0.39 is 0 Å². The molecule has 5 heteroatoms. The van der Waals surface area contributed by atoms with E-state index in [9.17, 15) is 4.79 Å². The van der Waals surface area contributed by atoms with E-state index in [4.69, 9.17) is 16.3 Å². The zero-order valence-electron chi connectivity index (χ0n) is 11.0. The lowest BCUT2D eigenvalue weighted by atomic mass is 10.1. The summed E-state index contributed by atoms with van der Waals surface area (Å²) in [7, 11) is 1.53. The molecule has 1 aromatic rings. The highest BCUT2D eigenvalue weighted by molar-refractivity contribution is 6.30. The van der Waals surface area contributed by atoms with Gasteiger partial charge in [-0.05, 0) is 44.0 Å². The predicted molar refractivity (Wildman–Crippen MR) is 76.0 cm³/mol. The lowest BCUT2D eigenvalue weighted by Crippen LogP contribution is -2.30. The van der Waals surface area contributed by atoms with E-state index in [0.717, 1.165) is 13.0 Å². The van der Waals surface area contributed by atoms with Crippen LogP contribution in [0.4, 0.5) is 0 Å². The van der Waals surface area contributed by atoms with Gasteiger partial charge in [0.05, 0.1) is 12.7 Å². The number of carbonyl (C=O) groups excluding carboxylic acids is 1. The van der Waals surface area contributed by atoms with Crippen molar-refractivity contribution in [1.29, 1.82) is 0 Å². The van der Waals surface area contributed by atoms with Crippen molar-refractivity contribution in [2.45, 2.75) is 25.3 Å². The van der Waals surface area contributed by atoms with Gasteiger partial charge in [0.1, 0.15) is 5.75 Å². The molecule has 4 nitrogen and oxygen atoms in total. The molecule has 1 aliphatic heterocycles. The summed E-state index contributed by atoms with van der Waals surface area (Å²) in [5, 5.41) is 6.88. The number of rotatable bonds is 5. The van der Waals surface area contributed by atoms with Gasteiger partial charge in [-0.1, -0.05) is 11.6 Å². The molecule has 1 unspecified atom stereocenters. The Morgan fingerprint density at radius 2 is 2.42 bits per heavy atom. The van der Waals surface area contributed by atoms with Crippen LogP contribution in [0.2, 0.25) is 5.02 Å². The molecule has 1 atom stereocenters. The van der Waals surface area contributed by atoms with Crippen molar-refractivity contribution >= 4 is 17.5 Å². The van der Waals surface area contributed by atoms with E-state index in [-0.39, 0.29) is 5.91 Å². The molecular weight excluding hydrogens is 264 g/mol. The second-order valence-corrected chi connectivity index (χ2v) is 5.12. The molecule has 1 fully saturated rings. The molecule has 0 bridgehead atoms. The molecule has 0 spiro atoms. The molecule has 0 radical (unpaired) electrons. The number of halogens is 1. The Morgan fingerprint density at radius 1 is 1.58 bits per heavy atom.